The summed E-state index contributed by atoms with van der Waals surface area (Å²) in [6, 6.07) is 4.47. The van der Waals surface area contributed by atoms with E-state index >= 15 is 0 Å². The fraction of sp³-hybridized carbons (Fsp3) is 0.529. The number of ketones is 1. The smallest absolute Gasteiger partial charge is 0.302 e. The van der Waals surface area contributed by atoms with Crippen LogP contribution in [0, 0.1) is 11.6 Å². The highest BCUT2D eigenvalue weighted by molar-refractivity contribution is 5.95. The average Bonchev–Trinajstić information content (AvgIpc) is 3.45. The molecule has 10 heteroatoms. The monoisotopic (exact) mass is 620 g/mol. The van der Waals surface area contributed by atoms with Crippen molar-refractivity contribution in [2.75, 3.05) is 6.61 Å². The lowest BCUT2D eigenvalue weighted by Crippen LogP contribution is -2.10. The second-order valence-corrected chi connectivity index (χ2v) is 9.07. The van der Waals surface area contributed by atoms with Crippen molar-refractivity contribution in [3.63, 3.8) is 0 Å². The van der Waals surface area contributed by atoms with Crippen molar-refractivity contribution in [1.82, 2.24) is 20.0 Å². The second-order valence-electron chi connectivity index (χ2n) is 9.07. The Morgan fingerprint density at radius 3 is 1.93 bits per heavy atom. The van der Waals surface area contributed by atoms with Crippen molar-refractivity contribution in [1.29, 1.82) is 0 Å². The molecule has 0 atom stereocenters. The molecule has 0 aliphatic carbocycles. The molecule has 0 saturated carbocycles. The molecule has 0 fully saturated rings. The fourth-order valence-electron chi connectivity index (χ4n) is 3.69. The van der Waals surface area contributed by atoms with Crippen LogP contribution in [0.1, 0.15) is 124 Å². The molecule has 3 aromatic rings. The van der Waals surface area contributed by atoms with Gasteiger partial charge in [0, 0.05) is 12.5 Å². The maximum Gasteiger partial charge on any atom is 0.302 e. The summed E-state index contributed by atoms with van der Waals surface area (Å²) in [7, 11) is 0. The van der Waals surface area contributed by atoms with Crippen LogP contribution in [0.4, 0.5) is 8.78 Å². The summed E-state index contributed by atoms with van der Waals surface area (Å²) in [5.41, 5.74) is 1.32. The predicted octanol–water partition coefficient (Wildman–Crippen LogP) is 9.52. The van der Waals surface area contributed by atoms with E-state index in [2.05, 4.69) is 67.8 Å². The average molecular weight is 621 g/mol. The number of benzene rings is 1. The summed E-state index contributed by atoms with van der Waals surface area (Å²) in [6.07, 6.45) is 8.93. The van der Waals surface area contributed by atoms with Gasteiger partial charge in [0.25, 0.3) is 0 Å². The third-order valence-corrected chi connectivity index (χ3v) is 5.49. The fourth-order valence-corrected chi connectivity index (χ4v) is 3.69. The largest absolute Gasteiger partial charge is 0.466 e. The first-order chi connectivity index (χ1) is 21.2. The van der Waals surface area contributed by atoms with E-state index < -0.39 is 17.4 Å². The van der Waals surface area contributed by atoms with Gasteiger partial charge < -0.3 is 9.53 Å². The van der Waals surface area contributed by atoms with E-state index in [9.17, 15) is 18.4 Å². The summed E-state index contributed by atoms with van der Waals surface area (Å²) in [5, 5.41) is 8.45. The first-order valence-corrected chi connectivity index (χ1v) is 15.3. The Bertz CT molecular complexity index is 1190. The quantitative estimate of drug-likeness (QED) is 0.0962. The minimum atomic E-state index is -1.16. The highest BCUT2D eigenvalue weighted by atomic mass is 19.2. The number of carbonyl (C=O) groups excluding carboxylic acids is 3. The van der Waals surface area contributed by atoms with Gasteiger partial charge >= 0.3 is 5.97 Å². The van der Waals surface area contributed by atoms with E-state index in [1.165, 1.54) is 32.4 Å². The number of aromatic nitrogens is 4. The third-order valence-electron chi connectivity index (χ3n) is 5.49. The van der Waals surface area contributed by atoms with Gasteiger partial charge in [0.2, 0.25) is 0 Å². The van der Waals surface area contributed by atoms with Gasteiger partial charge in [-0.05, 0) is 44.4 Å². The Hall–Kier alpha value is -3.82. The maximum absolute atomic E-state index is 14.4. The van der Waals surface area contributed by atoms with Crippen LogP contribution in [0.3, 0.4) is 0 Å². The van der Waals surface area contributed by atoms with Crippen molar-refractivity contribution in [3.05, 3.63) is 54.8 Å². The minimum absolute atomic E-state index is 0.00684. The number of hydrogen-bond donors (Lipinski definition) is 0. The number of fused-ring (bicyclic) bond motifs is 1. The molecule has 0 aliphatic heterocycles. The van der Waals surface area contributed by atoms with Gasteiger partial charge in [-0.3, -0.25) is 14.6 Å². The molecule has 0 saturated heterocycles. The second kappa shape index (κ2) is 28.0. The zero-order chi connectivity index (χ0) is 34.7. The van der Waals surface area contributed by atoms with Crippen LogP contribution < -0.4 is 0 Å². The maximum atomic E-state index is 14.4. The number of nitrogens with zero attached hydrogens (tertiary/aromatic N) is 4. The van der Waals surface area contributed by atoms with E-state index in [1.54, 1.807) is 12.3 Å². The molecule has 0 aliphatic rings. The van der Waals surface area contributed by atoms with Crippen LogP contribution in [-0.4, -0.2) is 45.1 Å². The van der Waals surface area contributed by atoms with Crippen LogP contribution >= 0.6 is 0 Å². The Balaban J connectivity index is -0.000000828. The first kappa shape index (κ1) is 44.6. The van der Waals surface area contributed by atoms with Crippen LogP contribution in [0.5, 0.6) is 0 Å². The molecule has 248 valence electrons. The Labute approximate surface area is 263 Å². The summed E-state index contributed by atoms with van der Waals surface area (Å²) < 4.78 is 35.1. The van der Waals surface area contributed by atoms with Crippen molar-refractivity contribution in [2.45, 2.75) is 113 Å². The van der Waals surface area contributed by atoms with Crippen LogP contribution in [-0.2, 0) is 14.3 Å². The summed E-state index contributed by atoms with van der Waals surface area (Å²) in [5.74, 6) is -2.95. The van der Waals surface area contributed by atoms with Crippen molar-refractivity contribution in [2.24, 2.45) is 0 Å². The molecule has 0 unspecified atom stereocenters. The third kappa shape index (κ3) is 15.6. The summed E-state index contributed by atoms with van der Waals surface area (Å²) >= 11 is 0. The standard InChI is InChI=1S/C20H22F2N4O.C6H12O2.C3H8.C2H6.C2H4.CH2O/c1-4-6-13(7-5-2)26-18-11-23-16(10-17(18)24-25-26)15-9-8-14(12(3)27)19(21)20(15)22;1-3-4-5-8-6(2)7;1-3-2;3*1-2/h8-11,13H,4-7H2,1-3H3;3-5H2,1-2H3;3H2,1-2H3;1-2H3;1-2H2;1H2. The van der Waals surface area contributed by atoms with Crippen LogP contribution in [0.15, 0.2) is 37.6 Å². The van der Waals surface area contributed by atoms with Gasteiger partial charge in [-0.2, -0.15) is 0 Å². The lowest BCUT2D eigenvalue weighted by molar-refractivity contribution is -0.141. The number of carbonyl (C=O) groups is 3. The highest BCUT2D eigenvalue weighted by Gasteiger charge is 2.20. The van der Waals surface area contributed by atoms with E-state index in [-0.39, 0.29) is 28.8 Å². The Morgan fingerprint density at radius 1 is 0.932 bits per heavy atom. The van der Waals surface area contributed by atoms with Crippen molar-refractivity contribution < 1.29 is 27.9 Å². The molecule has 2 heterocycles. The normalized spacial score (nSPS) is 9.36. The van der Waals surface area contributed by atoms with E-state index in [1.807, 2.05) is 25.3 Å². The molecule has 0 amide bonds. The molecule has 3 rings (SSSR count). The summed E-state index contributed by atoms with van der Waals surface area (Å²) in [6.45, 7) is 25.8. The number of Topliss-reactive ketones (excluding diaryl/α,β-unsaturated/α-hetero) is 1. The zero-order valence-corrected chi connectivity index (χ0v) is 28.3. The van der Waals surface area contributed by atoms with E-state index in [0.29, 0.717) is 12.1 Å². The number of rotatable bonds is 10. The van der Waals surface area contributed by atoms with Gasteiger partial charge in [-0.1, -0.05) is 79.4 Å². The molecule has 0 N–H and O–H groups in total. The van der Waals surface area contributed by atoms with Gasteiger partial charge in [-0.25, -0.2) is 13.5 Å². The van der Waals surface area contributed by atoms with Crippen molar-refractivity contribution >= 4 is 29.6 Å². The summed E-state index contributed by atoms with van der Waals surface area (Å²) in [4.78, 5) is 33.8. The molecule has 1 aromatic carbocycles. The van der Waals surface area contributed by atoms with Gasteiger partial charge in [-0.15, -0.1) is 18.3 Å². The number of ether oxygens (including phenoxy) is 1. The molecule has 8 nitrogen and oxygen atoms in total. The Morgan fingerprint density at radius 2 is 1.48 bits per heavy atom. The van der Waals surface area contributed by atoms with Crippen molar-refractivity contribution in [3.8, 4) is 11.3 Å². The molecule has 0 spiro atoms. The molecular formula is C34H54F2N4O4. The number of hydrogen-bond acceptors (Lipinski definition) is 7. The predicted molar refractivity (Wildman–Crippen MR) is 177 cm³/mol. The van der Waals surface area contributed by atoms with E-state index in [4.69, 9.17) is 4.79 Å². The highest BCUT2D eigenvalue weighted by Crippen LogP contribution is 2.29. The molecular weight excluding hydrogens is 566 g/mol. The topological polar surface area (TPSA) is 104 Å². The number of unbranched alkanes of at least 4 members (excludes halogenated alkanes) is 1. The lowest BCUT2D eigenvalue weighted by atomic mass is 10.0. The number of pyridine rings is 1. The van der Waals surface area contributed by atoms with Gasteiger partial charge in [0.1, 0.15) is 17.8 Å². The van der Waals surface area contributed by atoms with Crippen LogP contribution in [0.2, 0.25) is 0 Å². The van der Waals surface area contributed by atoms with E-state index in [0.717, 1.165) is 44.0 Å². The molecule has 0 radical (unpaired) electrons. The Kier molecular flexibility index (Phi) is 28.4. The SMILES string of the molecule is C=C.C=O.CC.CCC.CCCC(CCC)n1nnc2cc(-c3ccc(C(C)=O)c(F)c3F)ncc21.CCCCOC(C)=O. The first-order valence-electron chi connectivity index (χ1n) is 15.3. The minimum Gasteiger partial charge on any atom is -0.466 e. The zero-order valence-electron chi connectivity index (χ0n) is 28.3. The molecule has 2 aromatic heterocycles. The molecule has 0 bridgehead atoms. The molecule has 44 heavy (non-hydrogen) atoms. The van der Waals surface area contributed by atoms with Gasteiger partial charge in [0.15, 0.2) is 17.4 Å². The number of halogens is 2. The van der Waals surface area contributed by atoms with Gasteiger partial charge in [0.05, 0.1) is 30.1 Å². The number of esters is 1. The lowest BCUT2D eigenvalue weighted by Gasteiger charge is -2.16. The van der Waals surface area contributed by atoms with Crippen LogP contribution in [0.25, 0.3) is 22.3 Å².